The third-order valence-electron chi connectivity index (χ3n) is 2.93. The van der Waals surface area contributed by atoms with Crippen LogP contribution in [0.1, 0.15) is 20.7 Å². The topological polar surface area (TPSA) is 71.1 Å². The average molecular weight is 313 g/mol. The van der Waals surface area contributed by atoms with E-state index < -0.39 is 11.9 Å². The molecule has 6 nitrogen and oxygen atoms in total. The predicted octanol–water partition coefficient (Wildman–Crippen LogP) is 2.25. The molecule has 0 saturated carbocycles. The zero-order valence-corrected chi connectivity index (χ0v) is 12.6. The van der Waals surface area contributed by atoms with E-state index in [2.05, 4.69) is 9.47 Å². The van der Waals surface area contributed by atoms with E-state index in [1.807, 2.05) is 0 Å². The van der Waals surface area contributed by atoms with Crippen LogP contribution in [0, 0.1) is 0 Å². The highest BCUT2D eigenvalue weighted by molar-refractivity contribution is 6.21. The Balaban J connectivity index is 2.07. The van der Waals surface area contributed by atoms with Crippen LogP contribution in [0.3, 0.4) is 0 Å². The fourth-order valence-electron chi connectivity index (χ4n) is 1.82. The second-order valence-corrected chi connectivity index (χ2v) is 4.31. The molecule has 0 aliphatic rings. The smallest absolute Gasteiger partial charge is 0.526 e. The zero-order chi connectivity index (χ0) is 16.7. The Morgan fingerprint density at radius 3 is 1.52 bits per heavy atom. The van der Waals surface area contributed by atoms with Gasteiger partial charge in [-0.1, -0.05) is 24.3 Å². The molecule has 0 heterocycles. The summed E-state index contributed by atoms with van der Waals surface area (Å²) in [4.78, 5) is 23.3. The highest BCUT2D eigenvalue weighted by Crippen LogP contribution is 2.21. The van der Waals surface area contributed by atoms with Crippen molar-refractivity contribution in [2.75, 3.05) is 14.2 Å². The summed E-state index contributed by atoms with van der Waals surface area (Å²) in [5.41, 5.74) is 0.521. The third kappa shape index (κ3) is 4.03. The lowest BCUT2D eigenvalue weighted by molar-refractivity contribution is 0.0590. The van der Waals surface area contributed by atoms with Crippen LogP contribution in [-0.4, -0.2) is 33.8 Å². The summed E-state index contributed by atoms with van der Waals surface area (Å²) >= 11 is 0. The van der Waals surface area contributed by atoms with E-state index in [1.165, 1.54) is 14.2 Å². The first-order valence-electron chi connectivity index (χ1n) is 6.67. The fraction of sp³-hybridized carbons (Fsp3) is 0.125. The molecule has 2 aromatic carbocycles. The molecule has 0 unspecified atom stereocenters. The van der Waals surface area contributed by atoms with Crippen LogP contribution in [0.2, 0.25) is 0 Å². The first-order chi connectivity index (χ1) is 11.2. The molecule has 0 aliphatic heterocycles. The van der Waals surface area contributed by atoms with Gasteiger partial charge in [-0.3, -0.25) is 0 Å². The summed E-state index contributed by atoms with van der Waals surface area (Å²) < 4.78 is 20.0. The normalized spacial score (nSPS) is 9.65. The van der Waals surface area contributed by atoms with Crippen molar-refractivity contribution in [1.82, 2.24) is 0 Å². The standard InChI is InChI=1S/C16H14BO6/c1-20-15(18)11-7-3-5-9-13(11)22-17-23-14-10-6-4-8-12(14)16(19)21-2/h3-10H,1-2H3. The average Bonchev–Trinajstić information content (AvgIpc) is 2.61. The lowest BCUT2D eigenvalue weighted by atomic mass is 10.1. The van der Waals surface area contributed by atoms with Crippen molar-refractivity contribution in [3.63, 3.8) is 0 Å². The SMILES string of the molecule is COC(=O)c1ccccc1O[B]Oc1ccccc1C(=O)OC. The molecule has 0 N–H and O–H groups in total. The molecule has 2 aromatic rings. The van der Waals surface area contributed by atoms with Crippen molar-refractivity contribution in [2.45, 2.75) is 0 Å². The van der Waals surface area contributed by atoms with Gasteiger partial charge in [0, 0.05) is 0 Å². The Bertz CT molecular complexity index is 641. The fourth-order valence-corrected chi connectivity index (χ4v) is 1.82. The minimum Gasteiger partial charge on any atom is -0.526 e. The Morgan fingerprint density at radius 2 is 1.13 bits per heavy atom. The second kappa shape index (κ2) is 7.88. The van der Waals surface area contributed by atoms with Crippen molar-refractivity contribution < 1.29 is 28.4 Å². The molecular weight excluding hydrogens is 299 g/mol. The molecule has 0 aromatic heterocycles. The molecule has 7 heteroatoms. The maximum absolute atomic E-state index is 11.6. The summed E-state index contributed by atoms with van der Waals surface area (Å²) in [7, 11) is 3.60. The first-order valence-corrected chi connectivity index (χ1v) is 6.67. The number of rotatable bonds is 6. The van der Waals surface area contributed by atoms with Crippen LogP contribution in [-0.2, 0) is 9.47 Å². The Hall–Kier alpha value is -2.96. The van der Waals surface area contributed by atoms with Gasteiger partial charge in [-0.25, -0.2) is 9.59 Å². The molecule has 0 saturated heterocycles. The lowest BCUT2D eigenvalue weighted by Crippen LogP contribution is -2.15. The van der Waals surface area contributed by atoms with Gasteiger partial charge in [0.15, 0.2) is 0 Å². The van der Waals surface area contributed by atoms with Crippen molar-refractivity contribution >= 4 is 19.6 Å². The van der Waals surface area contributed by atoms with E-state index in [9.17, 15) is 9.59 Å². The van der Waals surface area contributed by atoms with Crippen LogP contribution in [0.15, 0.2) is 48.5 Å². The molecule has 117 valence electrons. The van der Waals surface area contributed by atoms with Crippen molar-refractivity contribution in [3.05, 3.63) is 59.7 Å². The lowest BCUT2D eigenvalue weighted by Gasteiger charge is -2.11. The monoisotopic (exact) mass is 313 g/mol. The first kappa shape index (κ1) is 16.4. The highest BCUT2D eigenvalue weighted by atomic mass is 16.6. The molecule has 1 radical (unpaired) electrons. The van der Waals surface area contributed by atoms with Gasteiger partial charge < -0.3 is 18.8 Å². The Labute approximate surface area is 134 Å². The van der Waals surface area contributed by atoms with E-state index in [1.54, 1.807) is 48.5 Å². The summed E-state index contributed by atoms with van der Waals surface area (Å²) in [6.07, 6.45) is 0. The van der Waals surface area contributed by atoms with Gasteiger partial charge in [0.05, 0.1) is 25.3 Å². The predicted molar refractivity (Wildman–Crippen MR) is 82.6 cm³/mol. The maximum atomic E-state index is 11.6. The van der Waals surface area contributed by atoms with Crippen LogP contribution in [0.4, 0.5) is 0 Å². The second-order valence-electron chi connectivity index (χ2n) is 4.31. The minimum atomic E-state index is -0.524. The van der Waals surface area contributed by atoms with Crippen LogP contribution in [0.5, 0.6) is 11.5 Å². The molecular formula is C16H14BO6. The number of hydrogen-bond acceptors (Lipinski definition) is 6. The van der Waals surface area contributed by atoms with E-state index >= 15 is 0 Å². The summed E-state index contributed by atoms with van der Waals surface area (Å²) in [6, 6.07) is 13.1. The summed E-state index contributed by atoms with van der Waals surface area (Å²) in [6.45, 7) is 0. The van der Waals surface area contributed by atoms with Gasteiger partial charge >= 0.3 is 19.6 Å². The van der Waals surface area contributed by atoms with Crippen molar-refractivity contribution in [3.8, 4) is 11.5 Å². The van der Waals surface area contributed by atoms with E-state index in [-0.39, 0.29) is 22.6 Å². The Morgan fingerprint density at radius 1 is 0.739 bits per heavy atom. The molecule has 0 atom stereocenters. The van der Waals surface area contributed by atoms with Gasteiger partial charge in [-0.15, -0.1) is 0 Å². The van der Waals surface area contributed by atoms with E-state index in [0.29, 0.717) is 0 Å². The van der Waals surface area contributed by atoms with Crippen LogP contribution < -0.4 is 9.31 Å². The van der Waals surface area contributed by atoms with Gasteiger partial charge in [0.1, 0.15) is 11.5 Å². The Kier molecular flexibility index (Phi) is 5.63. The number of carbonyl (C=O) groups is 2. The molecule has 2 rings (SSSR count). The van der Waals surface area contributed by atoms with E-state index in [0.717, 1.165) is 7.69 Å². The van der Waals surface area contributed by atoms with Crippen LogP contribution in [0.25, 0.3) is 0 Å². The number of methoxy groups -OCH3 is 2. The highest BCUT2D eigenvalue weighted by Gasteiger charge is 2.16. The van der Waals surface area contributed by atoms with Crippen molar-refractivity contribution in [1.29, 1.82) is 0 Å². The molecule has 0 bridgehead atoms. The van der Waals surface area contributed by atoms with Gasteiger partial charge in [0.2, 0.25) is 0 Å². The van der Waals surface area contributed by atoms with Gasteiger partial charge in [0.25, 0.3) is 0 Å². The zero-order valence-electron chi connectivity index (χ0n) is 12.6. The van der Waals surface area contributed by atoms with Crippen LogP contribution >= 0.6 is 0 Å². The number of esters is 2. The number of para-hydroxylation sites is 2. The summed E-state index contributed by atoms with van der Waals surface area (Å²) in [5.74, 6) is -0.502. The third-order valence-corrected chi connectivity index (χ3v) is 2.93. The number of benzene rings is 2. The largest absolute Gasteiger partial charge is 0.658 e. The number of carbonyl (C=O) groups excluding carboxylic acids is 2. The molecule has 0 aliphatic carbocycles. The molecule has 0 spiro atoms. The molecule has 0 amide bonds. The van der Waals surface area contributed by atoms with Gasteiger partial charge in [-0.05, 0) is 24.3 Å². The number of ether oxygens (including phenoxy) is 2. The summed E-state index contributed by atoms with van der Waals surface area (Å²) in [5, 5.41) is 0. The maximum Gasteiger partial charge on any atom is 0.658 e. The minimum absolute atomic E-state index is 0.260. The van der Waals surface area contributed by atoms with Crippen molar-refractivity contribution in [2.24, 2.45) is 0 Å². The molecule has 23 heavy (non-hydrogen) atoms. The molecule has 0 fully saturated rings. The van der Waals surface area contributed by atoms with E-state index in [4.69, 9.17) is 9.31 Å². The number of hydrogen-bond donors (Lipinski definition) is 0. The van der Waals surface area contributed by atoms with Gasteiger partial charge in [-0.2, -0.15) is 0 Å². The quantitative estimate of drug-likeness (QED) is 0.602.